The van der Waals surface area contributed by atoms with Gasteiger partial charge in [-0.3, -0.25) is 4.68 Å². The summed E-state index contributed by atoms with van der Waals surface area (Å²) in [7, 11) is -2.18. The van der Waals surface area contributed by atoms with E-state index in [1.54, 1.807) is 7.05 Å². The molecule has 2 aromatic rings. The van der Waals surface area contributed by atoms with Crippen molar-refractivity contribution in [3.05, 3.63) is 24.2 Å². The van der Waals surface area contributed by atoms with E-state index in [0.717, 1.165) is 6.92 Å². The first-order valence-corrected chi connectivity index (χ1v) is 11.7. The third-order valence-electron chi connectivity index (χ3n) is 5.80. The van der Waals surface area contributed by atoms with Crippen molar-refractivity contribution in [2.45, 2.75) is 49.2 Å². The van der Waals surface area contributed by atoms with E-state index in [1.165, 1.54) is 21.4 Å². The number of alkyl halides is 5. The Balaban J connectivity index is 1.48. The van der Waals surface area contributed by atoms with Crippen molar-refractivity contribution in [3.8, 4) is 5.88 Å². The van der Waals surface area contributed by atoms with Gasteiger partial charge in [0.2, 0.25) is 21.9 Å². The van der Waals surface area contributed by atoms with Crippen LogP contribution in [-0.2, 0) is 23.2 Å². The molecule has 34 heavy (non-hydrogen) atoms. The highest BCUT2D eigenvalue weighted by Gasteiger charge is 2.68. The predicted molar refractivity (Wildman–Crippen MR) is 109 cm³/mol. The minimum absolute atomic E-state index is 0.0356. The van der Waals surface area contributed by atoms with Crippen LogP contribution in [0.15, 0.2) is 23.5 Å². The average molecular weight is 513 g/mol. The van der Waals surface area contributed by atoms with E-state index >= 15 is 0 Å². The van der Waals surface area contributed by atoms with Gasteiger partial charge in [0.1, 0.15) is 17.0 Å². The first-order valence-electron chi connectivity index (χ1n) is 11.2. The number of rotatable bonds is 7. The van der Waals surface area contributed by atoms with Crippen LogP contribution in [0.3, 0.4) is 0 Å². The van der Waals surface area contributed by atoms with E-state index in [-0.39, 0.29) is 36.8 Å². The minimum atomic E-state index is -5.02. The molecule has 0 aromatic carbocycles. The molecule has 0 radical (unpaired) electrons. The lowest BCUT2D eigenvalue weighted by Gasteiger charge is -2.31. The lowest BCUT2D eigenvalue weighted by atomic mass is 10.1. The molecule has 3 heterocycles. The van der Waals surface area contributed by atoms with Crippen LogP contribution in [0.1, 0.15) is 34.5 Å². The molecule has 4 rings (SSSR count). The fourth-order valence-electron chi connectivity index (χ4n) is 3.48. The molecule has 15 heteroatoms. The van der Waals surface area contributed by atoms with Crippen molar-refractivity contribution < 1.29 is 37.8 Å². The average Bonchev–Trinajstić information content (AvgIpc) is 3.05. The lowest BCUT2D eigenvalue weighted by molar-refractivity contribution is -0.139. The summed E-state index contributed by atoms with van der Waals surface area (Å²) in [6.45, 7) is -2.05. The molecule has 1 N–H and O–H groups in total. The normalized spacial score (nSPS) is 24.9. The number of sulfonamides is 1. The van der Waals surface area contributed by atoms with Crippen LogP contribution in [0.5, 0.6) is 5.88 Å². The van der Waals surface area contributed by atoms with Gasteiger partial charge in [-0.1, -0.05) is 6.92 Å². The van der Waals surface area contributed by atoms with E-state index in [2.05, 4.69) is 20.4 Å². The van der Waals surface area contributed by atoms with Crippen molar-refractivity contribution in [1.29, 1.82) is 0 Å². The van der Waals surface area contributed by atoms with Gasteiger partial charge in [0.05, 0.1) is 14.4 Å². The summed E-state index contributed by atoms with van der Waals surface area (Å²) in [6, 6.07) is -0.419. The molecule has 1 saturated carbocycles. The first kappa shape index (κ1) is 21.9. The number of hydrogen-bond donors (Lipinski definition) is 1. The molecule has 1 atom stereocenters. The van der Waals surface area contributed by atoms with E-state index in [0.29, 0.717) is 6.20 Å². The summed E-state index contributed by atoms with van der Waals surface area (Å²) >= 11 is 0. The largest absolute Gasteiger partial charge is 0.476 e. The monoisotopic (exact) mass is 512 g/mol. The van der Waals surface area contributed by atoms with Gasteiger partial charge in [-0.05, 0) is 12.8 Å². The molecule has 0 amide bonds. The highest BCUT2D eigenvalue weighted by molar-refractivity contribution is 7.89. The number of hydrogen-bond acceptors (Lipinski definition) is 7. The van der Waals surface area contributed by atoms with Gasteiger partial charge in [-0.2, -0.15) is 27.6 Å². The van der Waals surface area contributed by atoms with Crippen molar-refractivity contribution in [2.24, 2.45) is 12.5 Å². The standard InChI is InChI=1S/C19H23F5N6O3S/c1-17(10-18(17,20)21)11-33-15-14(19(22,23)24)8-25-16(28-15)27-12-3-5-30(6-4-12)34(31,32)13-7-26-29(2)9-13/h7-9,12H,3-6,10-11H2,1-2H3,(H,25,27,28)/i11D2. The summed E-state index contributed by atoms with van der Waals surface area (Å²) in [5.41, 5.74) is -3.82. The number of aryl methyl sites for hydroxylation is 1. The second kappa shape index (κ2) is 8.29. The number of ether oxygens (including phenoxy) is 1. The van der Waals surface area contributed by atoms with Crippen LogP contribution < -0.4 is 10.1 Å². The Morgan fingerprint density at radius 3 is 2.47 bits per heavy atom. The molecule has 0 spiro atoms. The Morgan fingerprint density at radius 2 is 1.94 bits per heavy atom. The molecule has 1 unspecified atom stereocenters. The van der Waals surface area contributed by atoms with Crippen LogP contribution in [0.4, 0.5) is 27.9 Å². The van der Waals surface area contributed by atoms with Crippen LogP contribution in [0.2, 0.25) is 0 Å². The van der Waals surface area contributed by atoms with Crippen LogP contribution in [0, 0.1) is 5.41 Å². The molecule has 2 aliphatic rings. The van der Waals surface area contributed by atoms with Crippen LogP contribution in [-0.4, -0.2) is 64.1 Å². The molecule has 9 nitrogen and oxygen atoms in total. The van der Waals surface area contributed by atoms with Crippen molar-refractivity contribution in [2.75, 3.05) is 25.0 Å². The van der Waals surface area contributed by atoms with E-state index < -0.39 is 58.0 Å². The third kappa shape index (κ3) is 4.80. The molecule has 1 saturated heterocycles. The smallest absolute Gasteiger partial charge is 0.423 e. The number of piperidine rings is 1. The Kier molecular flexibility index (Phi) is 5.35. The van der Waals surface area contributed by atoms with Gasteiger partial charge in [-0.25, -0.2) is 22.2 Å². The Bertz CT molecular complexity index is 1250. The SMILES string of the molecule is [2H]C([2H])(Oc1nc(NC2CCN(S(=O)(=O)c3cnn(C)c3)CC2)ncc1C(F)(F)F)C1(C)CC1(F)F. The Morgan fingerprint density at radius 1 is 1.29 bits per heavy atom. The van der Waals surface area contributed by atoms with Crippen LogP contribution in [0.25, 0.3) is 0 Å². The maximum absolute atomic E-state index is 13.7. The Labute approximate surface area is 195 Å². The van der Waals surface area contributed by atoms with Gasteiger partial charge in [-0.15, -0.1) is 0 Å². The summed E-state index contributed by atoms with van der Waals surface area (Å²) < 4.78 is 116. The van der Waals surface area contributed by atoms with Gasteiger partial charge in [0.15, 0.2) is 0 Å². The third-order valence-corrected chi connectivity index (χ3v) is 7.65. The summed E-state index contributed by atoms with van der Waals surface area (Å²) in [5.74, 6) is -4.99. The molecular formula is C19H23F5N6O3S. The quantitative estimate of drug-likeness (QED) is 0.569. The van der Waals surface area contributed by atoms with Gasteiger partial charge < -0.3 is 10.1 Å². The fraction of sp³-hybridized carbons (Fsp3) is 0.632. The predicted octanol–water partition coefficient (Wildman–Crippen LogP) is 2.92. The number of halogens is 5. The van der Waals surface area contributed by atoms with Crippen molar-refractivity contribution in [3.63, 3.8) is 0 Å². The number of nitrogens with one attached hydrogen (secondary N) is 1. The molecule has 1 aliphatic carbocycles. The number of aromatic nitrogens is 4. The Hall–Kier alpha value is -2.55. The second-order valence-electron chi connectivity index (χ2n) is 8.50. The number of anilines is 1. The second-order valence-corrected chi connectivity index (χ2v) is 10.4. The lowest BCUT2D eigenvalue weighted by Crippen LogP contribution is -2.42. The molecular weight excluding hydrogens is 487 g/mol. The number of nitrogens with zero attached hydrogens (tertiary/aromatic N) is 5. The zero-order valence-corrected chi connectivity index (χ0v) is 18.9. The zero-order chi connectivity index (χ0) is 26.7. The topological polar surface area (TPSA) is 102 Å². The summed E-state index contributed by atoms with van der Waals surface area (Å²) in [5, 5.41) is 6.65. The van der Waals surface area contributed by atoms with Gasteiger partial charge in [0.25, 0.3) is 5.92 Å². The molecule has 2 fully saturated rings. The van der Waals surface area contributed by atoms with E-state index in [1.807, 2.05) is 0 Å². The first-order chi connectivity index (χ1) is 16.5. The summed E-state index contributed by atoms with van der Waals surface area (Å²) in [4.78, 5) is 7.29. The highest BCUT2D eigenvalue weighted by atomic mass is 32.2. The zero-order valence-electron chi connectivity index (χ0n) is 20.1. The maximum Gasteiger partial charge on any atom is 0.423 e. The molecule has 1 aliphatic heterocycles. The highest BCUT2D eigenvalue weighted by Crippen LogP contribution is 2.60. The van der Waals surface area contributed by atoms with E-state index in [9.17, 15) is 30.4 Å². The minimum Gasteiger partial charge on any atom is -0.476 e. The van der Waals surface area contributed by atoms with Crippen molar-refractivity contribution in [1.82, 2.24) is 24.1 Å². The van der Waals surface area contributed by atoms with Crippen molar-refractivity contribution >= 4 is 16.0 Å². The van der Waals surface area contributed by atoms with Gasteiger partial charge >= 0.3 is 6.18 Å². The van der Waals surface area contributed by atoms with Gasteiger partial charge in [0, 0.05) is 45.0 Å². The molecule has 188 valence electrons. The maximum atomic E-state index is 13.7. The molecule has 2 aromatic heterocycles. The van der Waals surface area contributed by atoms with E-state index in [4.69, 9.17) is 7.48 Å². The fourth-order valence-corrected chi connectivity index (χ4v) is 4.94. The van der Waals surface area contributed by atoms with Crippen LogP contribution >= 0.6 is 0 Å². The summed E-state index contributed by atoms with van der Waals surface area (Å²) in [6.07, 6.45) is -2.39. The molecule has 0 bridgehead atoms.